The number of para-hydroxylation sites is 1. The minimum atomic E-state index is -4.66. The zero-order valence-electron chi connectivity index (χ0n) is 32.5. The third kappa shape index (κ3) is 9.02. The third-order valence-electron chi connectivity index (χ3n) is 10.6. The lowest BCUT2D eigenvalue weighted by atomic mass is 9.78. The summed E-state index contributed by atoms with van der Waals surface area (Å²) in [5.41, 5.74) is -2.30. The highest BCUT2D eigenvalue weighted by molar-refractivity contribution is 6.01. The molecule has 1 aliphatic carbocycles. The summed E-state index contributed by atoms with van der Waals surface area (Å²) >= 11 is 0. The van der Waals surface area contributed by atoms with Crippen LogP contribution in [0.2, 0.25) is 0 Å². The van der Waals surface area contributed by atoms with Gasteiger partial charge in [0.1, 0.15) is 23.4 Å². The number of rotatable bonds is 13. The molecule has 0 saturated carbocycles. The molecule has 2 unspecified atom stereocenters. The van der Waals surface area contributed by atoms with E-state index in [1.165, 1.54) is 35.1 Å². The first kappa shape index (κ1) is 41.8. The second-order valence-corrected chi connectivity index (χ2v) is 15.7. The molecule has 5 rings (SSSR count). The summed E-state index contributed by atoms with van der Waals surface area (Å²) in [4.78, 5) is 60.4. The van der Waals surface area contributed by atoms with Crippen LogP contribution in [0.1, 0.15) is 90.1 Å². The largest absolute Gasteiger partial charge is 0.418 e. The number of tetrazole rings is 1. The van der Waals surface area contributed by atoms with Gasteiger partial charge in [0.05, 0.1) is 23.0 Å². The van der Waals surface area contributed by atoms with Gasteiger partial charge in [-0.2, -0.15) is 18.0 Å². The maximum absolute atomic E-state index is 14.8. The quantitative estimate of drug-likeness (QED) is 0.114. The summed E-state index contributed by atoms with van der Waals surface area (Å²) in [5, 5.41) is 23.5. The van der Waals surface area contributed by atoms with Crippen molar-refractivity contribution in [2.45, 2.75) is 116 Å². The smallest absolute Gasteiger partial charge is 0.358 e. The van der Waals surface area contributed by atoms with E-state index < -0.39 is 76.2 Å². The van der Waals surface area contributed by atoms with Gasteiger partial charge in [0.15, 0.2) is 0 Å². The van der Waals surface area contributed by atoms with Gasteiger partial charge in [-0.25, -0.2) is 4.39 Å². The Morgan fingerprint density at radius 3 is 2.20 bits per heavy atom. The van der Waals surface area contributed by atoms with Crippen LogP contribution in [0, 0.1) is 17.7 Å². The first-order valence-corrected chi connectivity index (χ1v) is 18.7. The average molecular weight is 784 g/mol. The predicted molar refractivity (Wildman–Crippen MR) is 201 cm³/mol. The van der Waals surface area contributed by atoms with Gasteiger partial charge in [-0.3, -0.25) is 24.5 Å². The molecule has 2 heterocycles. The van der Waals surface area contributed by atoms with Crippen molar-refractivity contribution in [1.29, 1.82) is 0 Å². The van der Waals surface area contributed by atoms with E-state index >= 15 is 0 Å². The molecule has 5 N–H and O–H groups in total. The standard InChI is InChI=1S/C39H49F4N9O4/c1-8-21(3)30(33(54)47-36-49-51-52(50-36)37(5,6)7)46-35(56)38(18-17-28-25(20-38)24-14-12-15-26(32(24)44-28)39(41,42)43)48-34(55)31(22(4)9-2)45-29(53)19-23-13-10-11-16-27(23)40/h10-16,21-22,30-31,44H,8-9,17-20H2,1-7H3,(H,45,53)(H,46,56)(H,48,55)(H,47,50,54)/t21-,22?,30?,31-,38+/m0/s1. The lowest BCUT2D eigenvalue weighted by Crippen LogP contribution is -2.67. The van der Waals surface area contributed by atoms with Crippen molar-refractivity contribution in [1.82, 2.24) is 41.1 Å². The van der Waals surface area contributed by atoms with Crippen LogP contribution in [0.3, 0.4) is 0 Å². The summed E-state index contributed by atoms with van der Waals surface area (Å²) < 4.78 is 56.7. The van der Waals surface area contributed by atoms with E-state index in [9.17, 15) is 36.7 Å². The molecule has 0 spiro atoms. The SMILES string of the molecule is CCC(C)[C@H](NC(=O)Cc1ccccc1F)C(=O)N[C@]1(C(=O)NC(C(=O)Nc2nnn(C(C)(C)C)n2)[C@@H](C)CC)CCc2[nH]c3c(C(F)(F)F)cccc3c2C1. The van der Waals surface area contributed by atoms with Crippen molar-refractivity contribution in [3.63, 3.8) is 0 Å². The van der Waals surface area contributed by atoms with Gasteiger partial charge in [0.2, 0.25) is 23.6 Å². The van der Waals surface area contributed by atoms with Crippen LogP contribution in [-0.4, -0.2) is 66.4 Å². The number of carbonyl (C=O) groups is 4. The highest BCUT2D eigenvalue weighted by Crippen LogP contribution is 2.40. The van der Waals surface area contributed by atoms with Crippen molar-refractivity contribution >= 4 is 40.5 Å². The number of aryl methyl sites for hydroxylation is 1. The topological polar surface area (TPSA) is 176 Å². The van der Waals surface area contributed by atoms with Crippen LogP contribution in [0.15, 0.2) is 42.5 Å². The van der Waals surface area contributed by atoms with E-state index in [-0.39, 0.29) is 48.1 Å². The number of anilines is 1. The average Bonchev–Trinajstić information content (AvgIpc) is 3.77. The Bertz CT molecular complexity index is 2090. The lowest BCUT2D eigenvalue weighted by Gasteiger charge is -2.39. The molecule has 4 amide bonds. The lowest BCUT2D eigenvalue weighted by molar-refractivity contribution is -0.138. The number of halogens is 4. The van der Waals surface area contributed by atoms with E-state index in [0.717, 1.165) is 6.07 Å². The van der Waals surface area contributed by atoms with Crippen molar-refractivity contribution in [2.75, 3.05) is 5.32 Å². The monoisotopic (exact) mass is 783 g/mol. The Hall–Kier alpha value is -5.35. The van der Waals surface area contributed by atoms with Crippen LogP contribution >= 0.6 is 0 Å². The molecule has 0 bridgehead atoms. The molecule has 2 aromatic heterocycles. The summed E-state index contributed by atoms with van der Waals surface area (Å²) in [5.74, 6) is -4.28. The number of hydrogen-bond acceptors (Lipinski definition) is 7. The fourth-order valence-corrected chi connectivity index (χ4v) is 6.84. The number of H-pyrrole nitrogens is 1. The number of nitrogens with one attached hydrogen (secondary N) is 5. The van der Waals surface area contributed by atoms with Crippen molar-refractivity contribution < 1.29 is 36.7 Å². The molecule has 0 fully saturated rings. The predicted octanol–water partition coefficient (Wildman–Crippen LogP) is 5.35. The van der Waals surface area contributed by atoms with Gasteiger partial charge in [0.25, 0.3) is 5.95 Å². The number of fused-ring (bicyclic) bond motifs is 3. The fraction of sp³-hybridized carbons (Fsp3) is 0.513. The number of carbonyl (C=O) groups excluding carboxylic acids is 4. The molecule has 4 aromatic rings. The van der Waals surface area contributed by atoms with E-state index in [4.69, 9.17) is 0 Å². The molecule has 13 nitrogen and oxygen atoms in total. The second kappa shape index (κ2) is 16.4. The summed E-state index contributed by atoms with van der Waals surface area (Å²) in [6.07, 6.45) is -4.33. The van der Waals surface area contributed by atoms with Crippen LogP contribution in [0.4, 0.5) is 23.5 Å². The fourth-order valence-electron chi connectivity index (χ4n) is 6.84. The molecule has 1 aliphatic rings. The third-order valence-corrected chi connectivity index (χ3v) is 10.6. The second-order valence-electron chi connectivity index (χ2n) is 15.7. The zero-order chi connectivity index (χ0) is 41.2. The number of benzene rings is 2. The van der Waals surface area contributed by atoms with Gasteiger partial charge in [-0.05, 0) is 73.9 Å². The number of alkyl halides is 3. The Labute approximate surface area is 322 Å². The molecular formula is C39H49F4N9O4. The van der Waals surface area contributed by atoms with E-state index in [1.54, 1.807) is 19.9 Å². The Morgan fingerprint density at radius 1 is 0.929 bits per heavy atom. The maximum Gasteiger partial charge on any atom is 0.418 e. The number of amides is 4. The van der Waals surface area contributed by atoms with Crippen molar-refractivity contribution in [2.24, 2.45) is 11.8 Å². The van der Waals surface area contributed by atoms with Crippen molar-refractivity contribution in [3.05, 3.63) is 70.7 Å². The molecule has 56 heavy (non-hydrogen) atoms. The molecule has 0 radical (unpaired) electrons. The normalized spacial score (nSPS) is 18.0. The molecule has 0 saturated heterocycles. The van der Waals surface area contributed by atoms with Gasteiger partial charge >= 0.3 is 6.18 Å². The van der Waals surface area contributed by atoms with Crippen LogP contribution in [-0.2, 0) is 50.2 Å². The van der Waals surface area contributed by atoms with E-state index in [1.807, 2.05) is 34.6 Å². The van der Waals surface area contributed by atoms with Gasteiger partial charge in [-0.1, -0.05) is 76.0 Å². The molecule has 2 aromatic carbocycles. The minimum Gasteiger partial charge on any atom is -0.358 e. The van der Waals surface area contributed by atoms with Crippen LogP contribution in [0.25, 0.3) is 10.9 Å². The Balaban J connectivity index is 1.51. The van der Waals surface area contributed by atoms with Crippen molar-refractivity contribution in [3.8, 4) is 0 Å². The first-order valence-electron chi connectivity index (χ1n) is 18.7. The van der Waals surface area contributed by atoms with E-state index in [2.05, 4.69) is 41.7 Å². The zero-order valence-corrected chi connectivity index (χ0v) is 32.5. The number of hydrogen-bond donors (Lipinski definition) is 5. The van der Waals surface area contributed by atoms with Crippen LogP contribution in [0.5, 0.6) is 0 Å². The maximum atomic E-state index is 14.8. The first-order chi connectivity index (χ1) is 26.3. The van der Waals surface area contributed by atoms with Crippen LogP contribution < -0.4 is 21.3 Å². The molecule has 302 valence electrons. The molecule has 5 atom stereocenters. The van der Waals surface area contributed by atoms with E-state index in [0.29, 0.717) is 24.1 Å². The molecule has 0 aliphatic heterocycles. The number of aromatic nitrogens is 5. The Morgan fingerprint density at radius 2 is 1.59 bits per heavy atom. The molecular weight excluding hydrogens is 734 g/mol. The summed E-state index contributed by atoms with van der Waals surface area (Å²) in [7, 11) is 0. The summed E-state index contributed by atoms with van der Waals surface area (Å²) in [6, 6.07) is 7.22. The summed E-state index contributed by atoms with van der Waals surface area (Å²) in [6.45, 7) is 12.7. The Kier molecular flexibility index (Phi) is 12.2. The van der Waals surface area contributed by atoms with Gasteiger partial charge in [-0.15, -0.1) is 5.10 Å². The van der Waals surface area contributed by atoms with Gasteiger partial charge in [0, 0.05) is 17.5 Å². The number of nitrogens with zero attached hydrogens (tertiary/aromatic N) is 4. The highest BCUT2D eigenvalue weighted by Gasteiger charge is 2.47. The number of aromatic amines is 1. The van der Waals surface area contributed by atoms with Gasteiger partial charge < -0.3 is 20.9 Å². The highest BCUT2D eigenvalue weighted by atomic mass is 19.4. The minimum absolute atomic E-state index is 0.0571. The molecule has 17 heteroatoms.